The first-order valence-electron chi connectivity index (χ1n) is 5.87. The monoisotopic (exact) mass is 309 g/mol. The lowest BCUT2D eigenvalue weighted by molar-refractivity contribution is -0.0514. The zero-order valence-corrected chi connectivity index (χ0v) is 12.0. The van der Waals surface area contributed by atoms with Crippen molar-refractivity contribution in [3.8, 4) is 11.5 Å². The second-order valence-electron chi connectivity index (χ2n) is 4.22. The molecule has 0 saturated heterocycles. The van der Waals surface area contributed by atoms with Gasteiger partial charge in [0.1, 0.15) is 9.84 Å². The molecular formula is C12H17F2NO4S. The minimum Gasteiger partial charge on any atom is -0.490 e. The van der Waals surface area contributed by atoms with E-state index in [2.05, 4.69) is 4.74 Å². The van der Waals surface area contributed by atoms with Crippen LogP contribution in [-0.2, 0) is 9.84 Å². The van der Waals surface area contributed by atoms with Crippen LogP contribution in [0.5, 0.6) is 11.5 Å². The number of rotatable bonds is 7. The summed E-state index contributed by atoms with van der Waals surface area (Å²) in [6.45, 7) is -1.02. The van der Waals surface area contributed by atoms with Crippen LogP contribution in [0.1, 0.15) is 18.5 Å². The number of hydrogen-bond donors (Lipinski definition) is 1. The summed E-state index contributed by atoms with van der Waals surface area (Å²) in [4.78, 5) is 0. The molecule has 0 aliphatic heterocycles. The van der Waals surface area contributed by atoms with Gasteiger partial charge in [-0.15, -0.1) is 0 Å². The molecule has 1 atom stereocenters. The van der Waals surface area contributed by atoms with Gasteiger partial charge in [0.15, 0.2) is 11.5 Å². The van der Waals surface area contributed by atoms with Gasteiger partial charge in [-0.05, 0) is 24.6 Å². The van der Waals surface area contributed by atoms with Crippen molar-refractivity contribution < 1.29 is 26.7 Å². The summed E-state index contributed by atoms with van der Waals surface area (Å²) in [6.07, 6.45) is 1.07. The van der Waals surface area contributed by atoms with Crippen molar-refractivity contribution in [1.82, 2.24) is 0 Å². The number of benzene rings is 1. The van der Waals surface area contributed by atoms with Crippen molar-refractivity contribution >= 4 is 9.84 Å². The Morgan fingerprint density at radius 3 is 2.45 bits per heavy atom. The van der Waals surface area contributed by atoms with Gasteiger partial charge in [-0.25, -0.2) is 8.42 Å². The van der Waals surface area contributed by atoms with Crippen LogP contribution in [0.3, 0.4) is 0 Å². The second kappa shape index (κ2) is 6.85. The van der Waals surface area contributed by atoms with E-state index in [4.69, 9.17) is 10.5 Å². The summed E-state index contributed by atoms with van der Waals surface area (Å²) in [5.41, 5.74) is 6.25. The van der Waals surface area contributed by atoms with E-state index in [1.807, 2.05) is 0 Å². The molecule has 0 radical (unpaired) electrons. The SMILES string of the molecule is CCOc1cc(C(N)CS(C)(=O)=O)ccc1OC(F)F. The van der Waals surface area contributed by atoms with Gasteiger partial charge in [-0.1, -0.05) is 6.07 Å². The number of sulfone groups is 1. The maximum absolute atomic E-state index is 12.2. The van der Waals surface area contributed by atoms with E-state index in [1.165, 1.54) is 18.2 Å². The molecule has 114 valence electrons. The van der Waals surface area contributed by atoms with Crippen LogP contribution < -0.4 is 15.2 Å². The highest BCUT2D eigenvalue weighted by atomic mass is 32.2. The van der Waals surface area contributed by atoms with Crippen LogP contribution in [0, 0.1) is 0 Å². The molecule has 1 unspecified atom stereocenters. The van der Waals surface area contributed by atoms with Crippen LogP contribution in [0.4, 0.5) is 8.78 Å². The maximum Gasteiger partial charge on any atom is 0.387 e. The van der Waals surface area contributed by atoms with E-state index < -0.39 is 22.5 Å². The van der Waals surface area contributed by atoms with Crippen molar-refractivity contribution in [3.05, 3.63) is 23.8 Å². The molecule has 0 heterocycles. The van der Waals surface area contributed by atoms with Gasteiger partial charge in [0.2, 0.25) is 0 Å². The van der Waals surface area contributed by atoms with Crippen molar-refractivity contribution in [2.24, 2.45) is 5.73 Å². The molecule has 0 fully saturated rings. The highest BCUT2D eigenvalue weighted by Crippen LogP contribution is 2.31. The van der Waals surface area contributed by atoms with Crippen LogP contribution in [0.2, 0.25) is 0 Å². The van der Waals surface area contributed by atoms with Gasteiger partial charge < -0.3 is 15.2 Å². The molecule has 8 heteroatoms. The third-order valence-electron chi connectivity index (χ3n) is 2.39. The standard InChI is InChI=1S/C12H17F2NO4S/c1-3-18-11-6-8(9(15)7-20(2,16)17)4-5-10(11)19-12(13)14/h4-6,9,12H,3,7,15H2,1-2H3. The zero-order valence-electron chi connectivity index (χ0n) is 11.2. The predicted molar refractivity (Wildman–Crippen MR) is 70.9 cm³/mol. The fraction of sp³-hybridized carbons (Fsp3) is 0.500. The van der Waals surface area contributed by atoms with Crippen molar-refractivity contribution in [3.63, 3.8) is 0 Å². The smallest absolute Gasteiger partial charge is 0.387 e. The van der Waals surface area contributed by atoms with Gasteiger partial charge in [-0.2, -0.15) is 8.78 Å². The minimum absolute atomic E-state index is 0.106. The summed E-state index contributed by atoms with van der Waals surface area (Å²) in [5.74, 6) is -0.250. The molecular weight excluding hydrogens is 292 g/mol. The van der Waals surface area contributed by atoms with Crippen LogP contribution in [0.25, 0.3) is 0 Å². The van der Waals surface area contributed by atoms with Crippen LogP contribution in [-0.4, -0.2) is 33.6 Å². The fourth-order valence-corrected chi connectivity index (χ4v) is 2.48. The average molecular weight is 309 g/mol. The van der Waals surface area contributed by atoms with E-state index in [-0.39, 0.29) is 23.9 Å². The first kappa shape index (κ1) is 16.6. The van der Waals surface area contributed by atoms with E-state index in [0.29, 0.717) is 5.56 Å². The van der Waals surface area contributed by atoms with Gasteiger partial charge in [0.05, 0.1) is 12.4 Å². The Hall–Kier alpha value is -1.41. The topological polar surface area (TPSA) is 78.6 Å². The first-order chi connectivity index (χ1) is 9.23. The van der Waals surface area contributed by atoms with E-state index in [0.717, 1.165) is 6.26 Å². The van der Waals surface area contributed by atoms with Crippen molar-refractivity contribution in [2.45, 2.75) is 19.6 Å². The highest BCUT2D eigenvalue weighted by molar-refractivity contribution is 7.90. The highest BCUT2D eigenvalue weighted by Gasteiger charge is 2.17. The van der Waals surface area contributed by atoms with Gasteiger partial charge in [0, 0.05) is 12.3 Å². The number of alkyl halides is 2. The summed E-state index contributed by atoms with van der Waals surface area (Å²) in [6, 6.07) is 3.38. The molecule has 0 saturated carbocycles. The van der Waals surface area contributed by atoms with Gasteiger partial charge >= 0.3 is 6.61 Å². The zero-order chi connectivity index (χ0) is 15.3. The summed E-state index contributed by atoms with van der Waals surface area (Å²) in [7, 11) is -3.24. The Labute approximate surface area is 116 Å². The number of nitrogens with two attached hydrogens (primary N) is 1. The Balaban J connectivity index is 3.02. The van der Waals surface area contributed by atoms with Crippen molar-refractivity contribution in [2.75, 3.05) is 18.6 Å². The fourth-order valence-electron chi connectivity index (χ4n) is 1.64. The largest absolute Gasteiger partial charge is 0.490 e. The van der Waals surface area contributed by atoms with E-state index >= 15 is 0 Å². The Kier molecular flexibility index (Phi) is 5.70. The molecule has 0 aromatic heterocycles. The molecule has 1 aromatic carbocycles. The molecule has 1 rings (SSSR count). The lowest BCUT2D eigenvalue weighted by Crippen LogP contribution is -2.21. The van der Waals surface area contributed by atoms with Gasteiger partial charge in [0.25, 0.3) is 0 Å². The molecule has 20 heavy (non-hydrogen) atoms. The molecule has 5 nitrogen and oxygen atoms in total. The molecule has 0 spiro atoms. The Morgan fingerprint density at radius 1 is 1.30 bits per heavy atom. The normalized spacial score (nSPS) is 13.3. The third-order valence-corrected chi connectivity index (χ3v) is 3.36. The third kappa shape index (κ3) is 5.30. The summed E-state index contributed by atoms with van der Waals surface area (Å²) in [5, 5.41) is 0. The van der Waals surface area contributed by atoms with Gasteiger partial charge in [-0.3, -0.25) is 0 Å². The quantitative estimate of drug-likeness (QED) is 0.830. The molecule has 0 aliphatic carbocycles. The van der Waals surface area contributed by atoms with Crippen molar-refractivity contribution in [1.29, 1.82) is 0 Å². The van der Waals surface area contributed by atoms with E-state index in [9.17, 15) is 17.2 Å². The lowest BCUT2D eigenvalue weighted by atomic mass is 10.1. The molecule has 0 bridgehead atoms. The maximum atomic E-state index is 12.2. The minimum atomic E-state index is -3.24. The molecule has 0 amide bonds. The second-order valence-corrected chi connectivity index (χ2v) is 6.40. The number of ether oxygens (including phenoxy) is 2. The average Bonchev–Trinajstić information content (AvgIpc) is 2.28. The van der Waals surface area contributed by atoms with E-state index in [1.54, 1.807) is 6.92 Å². The van der Waals surface area contributed by atoms with Crippen LogP contribution in [0.15, 0.2) is 18.2 Å². The first-order valence-corrected chi connectivity index (χ1v) is 7.94. The molecule has 2 N–H and O–H groups in total. The number of hydrogen-bond acceptors (Lipinski definition) is 5. The Bertz CT molecular complexity index is 548. The lowest BCUT2D eigenvalue weighted by Gasteiger charge is -2.15. The molecule has 0 aliphatic rings. The van der Waals surface area contributed by atoms with Crippen LogP contribution >= 0.6 is 0 Å². The summed E-state index contributed by atoms with van der Waals surface area (Å²) < 4.78 is 56.4. The Morgan fingerprint density at radius 2 is 1.95 bits per heavy atom. The summed E-state index contributed by atoms with van der Waals surface area (Å²) >= 11 is 0. The predicted octanol–water partition coefficient (Wildman–Crippen LogP) is 1.73. The molecule has 1 aromatic rings. The number of halogens is 2.